The van der Waals surface area contributed by atoms with Crippen LogP contribution in [0, 0.1) is 0 Å². The summed E-state index contributed by atoms with van der Waals surface area (Å²) in [6.45, 7) is 3.10. The van der Waals surface area contributed by atoms with E-state index in [1.165, 1.54) is 17.9 Å². The number of hydrogen-bond acceptors (Lipinski definition) is 9. The second-order valence-corrected chi connectivity index (χ2v) is 9.25. The van der Waals surface area contributed by atoms with Gasteiger partial charge in [0, 0.05) is 44.5 Å². The molecular formula is C26H26F2N8O3. The molecule has 1 amide bonds. The summed E-state index contributed by atoms with van der Waals surface area (Å²) in [5.41, 5.74) is 1.45. The van der Waals surface area contributed by atoms with Crippen LogP contribution < -0.4 is 15.0 Å². The predicted octanol–water partition coefficient (Wildman–Crippen LogP) is 2.93. The first-order chi connectivity index (χ1) is 19.0. The molecule has 4 aromatic rings. The monoisotopic (exact) mass is 536 g/mol. The van der Waals surface area contributed by atoms with Crippen LogP contribution in [0.4, 0.5) is 20.5 Å². The van der Waals surface area contributed by atoms with Crippen molar-refractivity contribution in [2.45, 2.75) is 12.5 Å². The van der Waals surface area contributed by atoms with Crippen molar-refractivity contribution in [3.8, 4) is 11.7 Å². The average Bonchev–Trinajstić information content (AvgIpc) is 3.35. The van der Waals surface area contributed by atoms with Crippen LogP contribution in [-0.2, 0) is 4.74 Å². The van der Waals surface area contributed by atoms with E-state index in [2.05, 4.69) is 20.3 Å². The number of imidazole rings is 1. The quantitative estimate of drug-likeness (QED) is 0.381. The number of carbonyl (C=O) groups is 1. The first-order valence-electron chi connectivity index (χ1n) is 12.5. The number of rotatable bonds is 7. The van der Waals surface area contributed by atoms with E-state index in [0.29, 0.717) is 73.6 Å². The summed E-state index contributed by atoms with van der Waals surface area (Å²) in [4.78, 5) is 34.1. The minimum absolute atomic E-state index is 0.0745. The zero-order valence-corrected chi connectivity index (χ0v) is 21.1. The summed E-state index contributed by atoms with van der Waals surface area (Å²) in [7, 11) is 1.52. The number of amides is 1. The fourth-order valence-electron chi connectivity index (χ4n) is 4.70. The molecule has 5 heterocycles. The number of likely N-dealkylation sites (tertiary alicyclic amines) is 1. The van der Waals surface area contributed by atoms with Gasteiger partial charge in [-0.2, -0.15) is 9.97 Å². The number of para-hydroxylation sites is 2. The van der Waals surface area contributed by atoms with E-state index in [-0.39, 0.29) is 23.6 Å². The Bertz CT molecular complexity index is 1480. The molecule has 0 bridgehead atoms. The highest BCUT2D eigenvalue weighted by atomic mass is 19.3. The van der Waals surface area contributed by atoms with Gasteiger partial charge < -0.3 is 24.6 Å². The fraction of sp³-hybridized carbons (Fsp3) is 0.346. The first kappa shape index (κ1) is 24.9. The number of carbonyl (C=O) groups excluding carboxylic acids is 1. The average molecular weight is 537 g/mol. The summed E-state index contributed by atoms with van der Waals surface area (Å²) < 4.78 is 40.0. The predicted molar refractivity (Wildman–Crippen MR) is 139 cm³/mol. The van der Waals surface area contributed by atoms with Crippen LogP contribution in [0.1, 0.15) is 22.6 Å². The Morgan fingerprint density at radius 3 is 2.62 bits per heavy atom. The summed E-state index contributed by atoms with van der Waals surface area (Å²) in [5, 5.41) is 3.35. The molecule has 0 radical (unpaired) electrons. The van der Waals surface area contributed by atoms with E-state index in [4.69, 9.17) is 14.5 Å². The molecule has 39 heavy (non-hydrogen) atoms. The van der Waals surface area contributed by atoms with Gasteiger partial charge in [-0.3, -0.25) is 9.36 Å². The van der Waals surface area contributed by atoms with Crippen LogP contribution in [0.25, 0.3) is 16.9 Å². The van der Waals surface area contributed by atoms with Gasteiger partial charge in [0.05, 0.1) is 43.0 Å². The third kappa shape index (κ3) is 4.92. The molecule has 2 saturated heterocycles. The molecule has 2 aliphatic heterocycles. The van der Waals surface area contributed by atoms with Crippen molar-refractivity contribution in [2.75, 3.05) is 56.7 Å². The van der Waals surface area contributed by atoms with Crippen molar-refractivity contribution in [2.24, 2.45) is 0 Å². The number of fused-ring (bicyclic) bond motifs is 1. The molecule has 6 rings (SSSR count). The zero-order chi connectivity index (χ0) is 26.9. The van der Waals surface area contributed by atoms with E-state index in [1.807, 2.05) is 4.90 Å². The standard InChI is InChI=1S/C26H26F2N8O3/c1-38-22-7-6-16(13-29-22)25(37)35-14-17(15-35)30-20-12-21(33-26(32-20)34-8-10-39-11-9-34)36-19-5-3-2-4-18(19)31-24(36)23(27)28/h2-7,12-13,17,23H,8-11,14-15H2,1H3,(H,30,32,33). The molecule has 3 aromatic heterocycles. The summed E-state index contributed by atoms with van der Waals surface area (Å²) in [6, 6.07) is 11.9. The number of alkyl halides is 2. The highest BCUT2D eigenvalue weighted by molar-refractivity contribution is 5.94. The number of halogens is 2. The highest BCUT2D eigenvalue weighted by Gasteiger charge is 2.32. The number of pyridine rings is 1. The van der Waals surface area contributed by atoms with Crippen LogP contribution in [0.5, 0.6) is 5.88 Å². The van der Waals surface area contributed by atoms with Gasteiger partial charge >= 0.3 is 0 Å². The largest absolute Gasteiger partial charge is 0.481 e. The first-order valence-corrected chi connectivity index (χ1v) is 12.5. The Labute approximate surface area is 222 Å². The lowest BCUT2D eigenvalue weighted by atomic mass is 10.1. The van der Waals surface area contributed by atoms with E-state index < -0.39 is 6.43 Å². The molecule has 2 aliphatic rings. The lowest BCUT2D eigenvalue weighted by Gasteiger charge is -2.40. The van der Waals surface area contributed by atoms with Gasteiger partial charge in [-0.1, -0.05) is 12.1 Å². The Hall–Kier alpha value is -4.39. The maximum absolute atomic E-state index is 14.1. The maximum atomic E-state index is 14.1. The Morgan fingerprint density at radius 2 is 1.90 bits per heavy atom. The SMILES string of the molecule is COc1ccc(C(=O)N2CC(Nc3cc(-n4c(C(F)F)nc5ccccc54)nc(N4CCOCC4)n3)C2)cn1. The number of nitrogens with zero attached hydrogens (tertiary/aromatic N) is 7. The molecule has 0 unspecified atom stereocenters. The van der Waals surface area contributed by atoms with Crippen molar-refractivity contribution < 1.29 is 23.0 Å². The molecule has 0 spiro atoms. The molecule has 1 aromatic carbocycles. The van der Waals surface area contributed by atoms with Gasteiger partial charge in [-0.05, 0) is 18.2 Å². The van der Waals surface area contributed by atoms with Crippen molar-refractivity contribution in [1.82, 2.24) is 29.4 Å². The number of methoxy groups -OCH3 is 1. The Morgan fingerprint density at radius 1 is 1.10 bits per heavy atom. The van der Waals surface area contributed by atoms with E-state index in [9.17, 15) is 13.6 Å². The molecule has 2 fully saturated rings. The minimum Gasteiger partial charge on any atom is -0.481 e. The van der Waals surface area contributed by atoms with Crippen molar-refractivity contribution in [3.05, 3.63) is 60.0 Å². The van der Waals surface area contributed by atoms with Crippen molar-refractivity contribution in [1.29, 1.82) is 0 Å². The number of nitrogens with one attached hydrogen (secondary N) is 1. The van der Waals surface area contributed by atoms with Crippen LogP contribution in [-0.4, -0.2) is 87.9 Å². The normalized spacial score (nSPS) is 16.0. The van der Waals surface area contributed by atoms with Gasteiger partial charge in [-0.25, -0.2) is 18.7 Å². The second kappa shape index (κ2) is 10.4. The molecule has 0 atom stereocenters. The topological polar surface area (TPSA) is 111 Å². The lowest BCUT2D eigenvalue weighted by Crippen LogP contribution is -2.57. The van der Waals surface area contributed by atoms with Gasteiger partial charge in [0.1, 0.15) is 11.6 Å². The fourth-order valence-corrected chi connectivity index (χ4v) is 4.70. The summed E-state index contributed by atoms with van der Waals surface area (Å²) in [5.74, 6) is 1.09. The van der Waals surface area contributed by atoms with Crippen molar-refractivity contribution in [3.63, 3.8) is 0 Å². The molecule has 13 heteroatoms. The molecule has 0 saturated carbocycles. The smallest absolute Gasteiger partial charge is 0.296 e. The van der Waals surface area contributed by atoms with Crippen LogP contribution in [0.3, 0.4) is 0 Å². The van der Waals surface area contributed by atoms with Crippen LogP contribution in [0.2, 0.25) is 0 Å². The van der Waals surface area contributed by atoms with Gasteiger partial charge in [0.25, 0.3) is 12.3 Å². The number of benzene rings is 1. The summed E-state index contributed by atoms with van der Waals surface area (Å²) in [6.07, 6.45) is -1.31. The highest BCUT2D eigenvalue weighted by Crippen LogP contribution is 2.29. The van der Waals surface area contributed by atoms with Crippen LogP contribution in [0.15, 0.2) is 48.7 Å². The van der Waals surface area contributed by atoms with Gasteiger partial charge in [0.2, 0.25) is 11.8 Å². The number of aromatic nitrogens is 5. The molecular weight excluding hydrogens is 510 g/mol. The Kier molecular flexibility index (Phi) is 6.65. The third-order valence-corrected chi connectivity index (χ3v) is 6.72. The maximum Gasteiger partial charge on any atom is 0.296 e. The molecule has 202 valence electrons. The second-order valence-electron chi connectivity index (χ2n) is 9.25. The summed E-state index contributed by atoms with van der Waals surface area (Å²) >= 11 is 0. The van der Waals surface area contributed by atoms with E-state index >= 15 is 0 Å². The van der Waals surface area contributed by atoms with E-state index in [0.717, 1.165) is 0 Å². The zero-order valence-electron chi connectivity index (χ0n) is 21.1. The number of hydrogen-bond donors (Lipinski definition) is 1. The lowest BCUT2D eigenvalue weighted by molar-refractivity contribution is 0.0624. The molecule has 1 N–H and O–H groups in total. The number of anilines is 2. The Balaban J connectivity index is 1.28. The van der Waals surface area contributed by atoms with Crippen LogP contribution >= 0.6 is 0 Å². The molecule has 11 nitrogen and oxygen atoms in total. The van der Waals surface area contributed by atoms with Gasteiger partial charge in [-0.15, -0.1) is 0 Å². The molecule has 0 aliphatic carbocycles. The van der Waals surface area contributed by atoms with E-state index in [1.54, 1.807) is 47.4 Å². The number of ether oxygens (including phenoxy) is 2. The number of morpholine rings is 1. The van der Waals surface area contributed by atoms with Crippen molar-refractivity contribution >= 4 is 28.7 Å². The third-order valence-electron chi connectivity index (χ3n) is 6.72. The van der Waals surface area contributed by atoms with Gasteiger partial charge in [0.15, 0.2) is 5.82 Å². The minimum atomic E-state index is -2.80.